The van der Waals surface area contributed by atoms with Crippen molar-refractivity contribution >= 4 is 23.7 Å². The number of carbonyl (C=O) groups is 3. The Labute approximate surface area is 129 Å². The molecule has 0 saturated carbocycles. The number of ketones is 1. The highest BCUT2D eigenvalue weighted by Crippen LogP contribution is 2.25. The van der Waals surface area contributed by atoms with E-state index in [0.717, 1.165) is 18.6 Å². The topological polar surface area (TPSA) is 68.2 Å². The summed E-state index contributed by atoms with van der Waals surface area (Å²) in [6, 6.07) is 4.39. The number of anilines is 1. The van der Waals surface area contributed by atoms with Gasteiger partial charge < -0.3 is 9.88 Å². The molecule has 0 aliphatic carbocycles. The van der Waals surface area contributed by atoms with Crippen molar-refractivity contribution in [3.05, 3.63) is 52.9 Å². The molecule has 0 spiro atoms. The highest BCUT2D eigenvalue weighted by atomic mass is 19.2. The summed E-state index contributed by atoms with van der Waals surface area (Å²) in [5, 5.41) is 2.47. The molecule has 23 heavy (non-hydrogen) atoms. The normalized spacial score (nSPS) is 12.8. The lowest BCUT2D eigenvalue weighted by molar-refractivity contribution is -0.104. The zero-order chi connectivity index (χ0) is 16.6. The van der Waals surface area contributed by atoms with Gasteiger partial charge in [0, 0.05) is 24.0 Å². The summed E-state index contributed by atoms with van der Waals surface area (Å²) in [7, 11) is 0. The number of aromatic nitrogens is 1. The first-order valence-corrected chi connectivity index (χ1v) is 6.99. The highest BCUT2D eigenvalue weighted by molar-refractivity contribution is 6.33. The molecule has 5 nitrogen and oxygen atoms in total. The number of halogens is 2. The third kappa shape index (κ3) is 2.65. The molecule has 0 radical (unpaired) electrons. The minimum absolute atomic E-state index is 0.107. The monoisotopic (exact) mass is 318 g/mol. The fourth-order valence-corrected chi connectivity index (χ4v) is 2.75. The lowest BCUT2D eigenvalue weighted by atomic mass is 10.1. The van der Waals surface area contributed by atoms with E-state index in [1.807, 2.05) is 0 Å². The number of carbonyl (C=O) groups excluding carboxylic acids is 3. The van der Waals surface area contributed by atoms with Gasteiger partial charge in [0.1, 0.15) is 0 Å². The van der Waals surface area contributed by atoms with Crippen molar-refractivity contribution in [1.82, 2.24) is 4.57 Å². The minimum atomic E-state index is -1.07. The first kappa shape index (κ1) is 15.1. The number of Topliss-reactive ketones (excluding diaryl/α,β-unsaturated/α-hetero) is 1. The Balaban J connectivity index is 1.92. The van der Waals surface area contributed by atoms with Gasteiger partial charge in [-0.05, 0) is 31.0 Å². The second kappa shape index (κ2) is 5.75. The van der Waals surface area contributed by atoms with Gasteiger partial charge in [-0.3, -0.25) is 14.4 Å². The quantitative estimate of drug-likeness (QED) is 0.534. The zero-order valence-corrected chi connectivity index (χ0v) is 11.9. The fourth-order valence-electron chi connectivity index (χ4n) is 2.75. The van der Waals surface area contributed by atoms with Crippen molar-refractivity contribution in [2.24, 2.45) is 0 Å². The molecule has 1 amide bonds. The predicted molar refractivity (Wildman–Crippen MR) is 77.5 cm³/mol. The second-order valence-corrected chi connectivity index (χ2v) is 5.21. The Morgan fingerprint density at radius 1 is 1.17 bits per heavy atom. The van der Waals surface area contributed by atoms with E-state index in [1.54, 1.807) is 4.57 Å². The Hall–Kier alpha value is -2.83. The minimum Gasteiger partial charge on any atom is -0.341 e. The van der Waals surface area contributed by atoms with Crippen LogP contribution in [0.1, 0.15) is 33.0 Å². The van der Waals surface area contributed by atoms with Gasteiger partial charge in [-0.15, -0.1) is 0 Å². The van der Waals surface area contributed by atoms with Crippen LogP contribution in [0.4, 0.5) is 14.5 Å². The molecular weight excluding hydrogens is 306 g/mol. The van der Waals surface area contributed by atoms with E-state index >= 15 is 0 Å². The van der Waals surface area contributed by atoms with Crippen LogP contribution in [-0.2, 0) is 17.8 Å². The van der Waals surface area contributed by atoms with Crippen LogP contribution >= 0.6 is 0 Å². The number of hydrogen-bond acceptors (Lipinski definition) is 3. The summed E-state index contributed by atoms with van der Waals surface area (Å²) >= 11 is 0. The molecule has 0 saturated heterocycles. The van der Waals surface area contributed by atoms with Crippen LogP contribution in [0.25, 0.3) is 0 Å². The maximum atomic E-state index is 13.2. The van der Waals surface area contributed by atoms with Gasteiger partial charge in [0.15, 0.2) is 17.9 Å². The van der Waals surface area contributed by atoms with Crippen molar-refractivity contribution < 1.29 is 23.2 Å². The molecule has 0 atom stereocenters. The molecule has 1 aliphatic rings. The fraction of sp³-hybridized carbons (Fsp3) is 0.188. The van der Waals surface area contributed by atoms with Crippen LogP contribution in [0.15, 0.2) is 24.3 Å². The summed E-state index contributed by atoms with van der Waals surface area (Å²) in [6.45, 7) is 0.558. The number of aldehydes is 1. The standard InChI is InChI=1S/C16H12F2N2O3/c17-11-4-3-9(6-12(11)18)19-16(23)10-7-14(15(22)8-21)20-5-1-2-13(10)20/h3-4,6-8H,1-2,5H2,(H,19,23). The Morgan fingerprint density at radius 3 is 2.65 bits per heavy atom. The average Bonchev–Trinajstić information content (AvgIpc) is 3.12. The molecule has 1 N–H and O–H groups in total. The number of benzene rings is 1. The Kier molecular flexibility index (Phi) is 3.77. The molecule has 0 bridgehead atoms. The van der Waals surface area contributed by atoms with E-state index in [1.165, 1.54) is 12.1 Å². The van der Waals surface area contributed by atoms with Gasteiger partial charge in [0.2, 0.25) is 5.78 Å². The first-order valence-electron chi connectivity index (χ1n) is 6.99. The summed E-state index contributed by atoms with van der Waals surface area (Å²) in [5.74, 6) is -3.31. The van der Waals surface area contributed by atoms with Gasteiger partial charge in [0.25, 0.3) is 5.91 Å². The van der Waals surface area contributed by atoms with E-state index in [0.29, 0.717) is 18.7 Å². The largest absolute Gasteiger partial charge is 0.341 e. The van der Waals surface area contributed by atoms with Crippen LogP contribution < -0.4 is 5.32 Å². The molecule has 1 aromatic heterocycles. The Bertz CT molecular complexity index is 827. The number of nitrogens with one attached hydrogen (secondary N) is 1. The van der Waals surface area contributed by atoms with E-state index in [-0.39, 0.29) is 23.2 Å². The molecular formula is C16H12F2N2O3. The number of nitrogens with zero attached hydrogens (tertiary/aromatic N) is 1. The van der Waals surface area contributed by atoms with Gasteiger partial charge in [-0.25, -0.2) is 8.78 Å². The van der Waals surface area contributed by atoms with Crippen LogP contribution in [0.5, 0.6) is 0 Å². The molecule has 118 valence electrons. The van der Waals surface area contributed by atoms with E-state index < -0.39 is 23.3 Å². The van der Waals surface area contributed by atoms with Crippen molar-refractivity contribution in [1.29, 1.82) is 0 Å². The van der Waals surface area contributed by atoms with E-state index in [4.69, 9.17) is 0 Å². The van der Waals surface area contributed by atoms with E-state index in [9.17, 15) is 23.2 Å². The van der Waals surface area contributed by atoms with Crippen molar-refractivity contribution in [3.63, 3.8) is 0 Å². The molecule has 3 rings (SSSR count). The van der Waals surface area contributed by atoms with E-state index in [2.05, 4.69) is 5.32 Å². The van der Waals surface area contributed by atoms with Crippen LogP contribution in [0.2, 0.25) is 0 Å². The lowest BCUT2D eigenvalue weighted by Crippen LogP contribution is -2.13. The average molecular weight is 318 g/mol. The van der Waals surface area contributed by atoms with Crippen molar-refractivity contribution in [2.75, 3.05) is 5.32 Å². The summed E-state index contributed by atoms with van der Waals surface area (Å²) in [5.41, 5.74) is 1.20. The maximum Gasteiger partial charge on any atom is 0.257 e. The van der Waals surface area contributed by atoms with Crippen LogP contribution in [-0.4, -0.2) is 22.5 Å². The zero-order valence-electron chi connectivity index (χ0n) is 11.9. The second-order valence-electron chi connectivity index (χ2n) is 5.21. The smallest absolute Gasteiger partial charge is 0.257 e. The first-order chi connectivity index (χ1) is 11.0. The van der Waals surface area contributed by atoms with Crippen molar-refractivity contribution in [2.45, 2.75) is 19.4 Å². The summed E-state index contributed by atoms with van der Waals surface area (Å²) < 4.78 is 27.8. The highest BCUT2D eigenvalue weighted by Gasteiger charge is 2.26. The third-order valence-electron chi connectivity index (χ3n) is 3.79. The Morgan fingerprint density at radius 2 is 1.96 bits per heavy atom. The van der Waals surface area contributed by atoms with Crippen LogP contribution in [0, 0.1) is 11.6 Å². The van der Waals surface area contributed by atoms with Gasteiger partial charge >= 0.3 is 0 Å². The van der Waals surface area contributed by atoms with Crippen LogP contribution in [0.3, 0.4) is 0 Å². The third-order valence-corrected chi connectivity index (χ3v) is 3.79. The van der Waals surface area contributed by atoms with Crippen molar-refractivity contribution in [3.8, 4) is 0 Å². The molecule has 0 unspecified atom stereocenters. The van der Waals surface area contributed by atoms with Gasteiger partial charge in [0.05, 0.1) is 11.3 Å². The number of rotatable bonds is 4. The molecule has 1 aromatic carbocycles. The SMILES string of the molecule is O=CC(=O)c1cc(C(=O)Nc2ccc(F)c(F)c2)c2n1CCC2. The lowest BCUT2D eigenvalue weighted by Gasteiger charge is -2.06. The number of amides is 1. The number of hydrogen-bond donors (Lipinski definition) is 1. The van der Waals surface area contributed by atoms with Gasteiger partial charge in [-0.2, -0.15) is 0 Å². The molecule has 7 heteroatoms. The predicted octanol–water partition coefficient (Wildman–Crippen LogP) is 2.35. The molecule has 2 aromatic rings. The summed E-state index contributed by atoms with van der Waals surface area (Å²) in [6.07, 6.45) is 1.57. The summed E-state index contributed by atoms with van der Waals surface area (Å²) in [4.78, 5) is 34.7. The molecule has 2 heterocycles. The van der Waals surface area contributed by atoms with Gasteiger partial charge in [-0.1, -0.05) is 0 Å². The number of fused-ring (bicyclic) bond motifs is 1. The molecule has 0 fully saturated rings. The maximum absolute atomic E-state index is 13.2. The molecule has 1 aliphatic heterocycles.